The third-order valence-corrected chi connectivity index (χ3v) is 5.76. The quantitative estimate of drug-likeness (QED) is 0.853. The minimum Gasteiger partial charge on any atom is -0.271 e. The second kappa shape index (κ2) is 3.91. The van der Waals surface area contributed by atoms with Crippen molar-refractivity contribution < 1.29 is 4.39 Å². The van der Waals surface area contributed by atoms with Crippen LogP contribution in [0, 0.1) is 22.6 Å². The van der Waals surface area contributed by atoms with Crippen molar-refractivity contribution in [1.82, 2.24) is 14.3 Å². The Balaban J connectivity index is 1.55. The number of nitrogens with zero attached hydrogens (tertiary/aromatic N) is 4. The van der Waals surface area contributed by atoms with Gasteiger partial charge in [-0.05, 0) is 43.4 Å². The van der Waals surface area contributed by atoms with E-state index in [0.717, 1.165) is 43.5 Å². The molecule has 0 saturated heterocycles. The summed E-state index contributed by atoms with van der Waals surface area (Å²) in [6.07, 6.45) is 3.70. The number of rotatable bonds is 2. The third-order valence-electron chi connectivity index (χ3n) is 5.76. The number of hydrogen-bond donors (Lipinski definition) is 0. The van der Waals surface area contributed by atoms with Crippen molar-refractivity contribution in [3.63, 3.8) is 0 Å². The van der Waals surface area contributed by atoms with E-state index in [-0.39, 0.29) is 28.5 Å². The molecule has 2 heterocycles. The topological polar surface area (TPSA) is 63.6 Å². The predicted molar refractivity (Wildman–Crippen MR) is 79.2 cm³/mol. The van der Waals surface area contributed by atoms with E-state index in [1.54, 1.807) is 15.3 Å². The van der Waals surface area contributed by atoms with Gasteiger partial charge in [0.2, 0.25) is 0 Å². The number of fused-ring (bicyclic) bond motifs is 1. The second-order valence-electron chi connectivity index (χ2n) is 7.24. The van der Waals surface area contributed by atoms with Gasteiger partial charge in [0.1, 0.15) is 11.6 Å². The third kappa shape index (κ3) is 1.50. The van der Waals surface area contributed by atoms with Crippen LogP contribution in [0.2, 0.25) is 0 Å². The highest BCUT2D eigenvalue weighted by Crippen LogP contribution is 2.70. The van der Waals surface area contributed by atoms with Crippen LogP contribution in [0.1, 0.15) is 43.1 Å². The van der Waals surface area contributed by atoms with E-state index in [9.17, 15) is 9.18 Å². The summed E-state index contributed by atoms with van der Waals surface area (Å²) in [4.78, 5) is 12.9. The number of aromatic nitrogens is 3. The van der Waals surface area contributed by atoms with Crippen molar-refractivity contribution in [1.29, 1.82) is 5.26 Å². The first kappa shape index (κ1) is 13.1. The average molecular weight is 310 g/mol. The molecule has 0 unspecified atom stereocenters. The molecule has 0 N–H and O–H groups in total. The second-order valence-corrected chi connectivity index (χ2v) is 7.24. The maximum absolute atomic E-state index is 13.5. The molecule has 4 aliphatic rings. The Labute approximate surface area is 132 Å². The van der Waals surface area contributed by atoms with E-state index >= 15 is 0 Å². The highest BCUT2D eigenvalue weighted by molar-refractivity contribution is 5.29. The molecule has 23 heavy (non-hydrogen) atoms. The summed E-state index contributed by atoms with van der Waals surface area (Å²) in [6.45, 7) is 0. The molecule has 6 heteroatoms. The van der Waals surface area contributed by atoms with Crippen molar-refractivity contribution in [2.75, 3.05) is 0 Å². The van der Waals surface area contributed by atoms with Gasteiger partial charge in [-0.3, -0.25) is 4.57 Å². The van der Waals surface area contributed by atoms with Gasteiger partial charge in [-0.15, -0.1) is 0 Å². The van der Waals surface area contributed by atoms with Crippen LogP contribution in [-0.2, 0) is 12.0 Å². The first-order valence-corrected chi connectivity index (χ1v) is 7.94. The van der Waals surface area contributed by atoms with Crippen LogP contribution in [0.4, 0.5) is 4.39 Å². The molecule has 6 rings (SSSR count). The Kier molecular flexibility index (Phi) is 2.22. The molecule has 0 radical (unpaired) electrons. The van der Waals surface area contributed by atoms with Gasteiger partial charge in [0.15, 0.2) is 0 Å². The Hall–Kier alpha value is -2.42. The SMILES string of the molecule is N#CC12CC(n3nc4n(c3=O)[C@H](c3cccc(F)c3)CC4)(C1)C2. The minimum absolute atomic E-state index is 0.113. The van der Waals surface area contributed by atoms with Gasteiger partial charge in [0.25, 0.3) is 0 Å². The van der Waals surface area contributed by atoms with Crippen molar-refractivity contribution in [3.8, 4) is 6.07 Å². The van der Waals surface area contributed by atoms with Crippen LogP contribution in [-0.4, -0.2) is 14.3 Å². The van der Waals surface area contributed by atoms with E-state index in [0.29, 0.717) is 0 Å². The molecule has 5 nitrogen and oxygen atoms in total. The number of nitriles is 1. The van der Waals surface area contributed by atoms with Gasteiger partial charge in [-0.25, -0.2) is 13.9 Å². The van der Waals surface area contributed by atoms with Crippen LogP contribution < -0.4 is 5.69 Å². The fourth-order valence-corrected chi connectivity index (χ4v) is 4.71. The predicted octanol–water partition coefficient (Wildman–Crippen LogP) is 2.12. The maximum atomic E-state index is 13.5. The highest BCUT2D eigenvalue weighted by Gasteiger charge is 2.71. The molecule has 1 atom stereocenters. The first-order chi connectivity index (χ1) is 11.1. The monoisotopic (exact) mass is 310 g/mol. The van der Waals surface area contributed by atoms with Gasteiger partial charge in [-0.2, -0.15) is 10.4 Å². The minimum atomic E-state index is -0.285. The Morgan fingerprint density at radius 2 is 2.13 bits per heavy atom. The molecule has 1 aromatic carbocycles. The number of hydrogen-bond acceptors (Lipinski definition) is 3. The summed E-state index contributed by atoms with van der Waals surface area (Å²) in [5.74, 6) is 0.492. The molecule has 0 spiro atoms. The van der Waals surface area contributed by atoms with Crippen molar-refractivity contribution in [2.24, 2.45) is 5.41 Å². The molecular formula is C17H15FN4O. The largest absolute Gasteiger partial charge is 0.347 e. The molecule has 0 amide bonds. The lowest BCUT2D eigenvalue weighted by atomic mass is 9.40. The summed E-state index contributed by atoms with van der Waals surface area (Å²) >= 11 is 0. The molecule has 1 aliphatic heterocycles. The molecule has 116 valence electrons. The Bertz CT molecular complexity index is 915. The van der Waals surface area contributed by atoms with Crippen LogP contribution in [0.5, 0.6) is 0 Å². The Morgan fingerprint density at radius 3 is 2.83 bits per heavy atom. The summed E-state index contributed by atoms with van der Waals surface area (Å²) in [5.41, 5.74) is 0.251. The number of aryl methyl sites for hydroxylation is 1. The van der Waals surface area contributed by atoms with Crippen LogP contribution >= 0.6 is 0 Å². The van der Waals surface area contributed by atoms with Gasteiger partial charge in [-0.1, -0.05) is 12.1 Å². The summed E-state index contributed by atoms with van der Waals surface area (Å²) in [6, 6.07) is 8.66. The van der Waals surface area contributed by atoms with Gasteiger partial charge >= 0.3 is 5.69 Å². The zero-order chi connectivity index (χ0) is 15.8. The van der Waals surface area contributed by atoms with Gasteiger partial charge < -0.3 is 0 Å². The van der Waals surface area contributed by atoms with Gasteiger partial charge in [0.05, 0.1) is 23.1 Å². The van der Waals surface area contributed by atoms with E-state index in [1.807, 2.05) is 6.07 Å². The van der Waals surface area contributed by atoms with E-state index in [2.05, 4.69) is 11.2 Å². The molecule has 1 aromatic heterocycles. The fourth-order valence-electron chi connectivity index (χ4n) is 4.71. The molecule has 2 aromatic rings. The highest BCUT2D eigenvalue weighted by atomic mass is 19.1. The molecule has 3 aliphatic carbocycles. The Morgan fingerprint density at radius 1 is 1.35 bits per heavy atom. The molecule has 3 fully saturated rings. The fraction of sp³-hybridized carbons (Fsp3) is 0.471. The van der Waals surface area contributed by atoms with Crippen LogP contribution in [0.15, 0.2) is 29.1 Å². The average Bonchev–Trinajstić information content (AvgIpc) is 2.99. The molecular weight excluding hydrogens is 295 g/mol. The lowest BCUT2D eigenvalue weighted by Crippen LogP contribution is -2.69. The number of benzene rings is 1. The summed E-state index contributed by atoms with van der Waals surface area (Å²) in [5, 5.41) is 13.7. The molecule has 2 bridgehead atoms. The summed E-state index contributed by atoms with van der Waals surface area (Å²) < 4.78 is 16.8. The normalized spacial score (nSPS) is 33.5. The lowest BCUT2D eigenvalue weighted by molar-refractivity contribution is -0.155. The van der Waals surface area contributed by atoms with Crippen LogP contribution in [0.3, 0.4) is 0 Å². The number of halogens is 1. The zero-order valence-electron chi connectivity index (χ0n) is 12.5. The van der Waals surface area contributed by atoms with Crippen molar-refractivity contribution in [3.05, 3.63) is 52.0 Å². The van der Waals surface area contributed by atoms with Crippen molar-refractivity contribution in [2.45, 2.75) is 43.7 Å². The summed E-state index contributed by atoms with van der Waals surface area (Å²) in [7, 11) is 0. The van der Waals surface area contributed by atoms with Gasteiger partial charge in [0, 0.05) is 6.42 Å². The first-order valence-electron chi connectivity index (χ1n) is 7.94. The smallest absolute Gasteiger partial charge is 0.271 e. The lowest BCUT2D eigenvalue weighted by Gasteiger charge is -2.65. The van der Waals surface area contributed by atoms with E-state index < -0.39 is 0 Å². The maximum Gasteiger partial charge on any atom is 0.347 e. The van der Waals surface area contributed by atoms with Crippen molar-refractivity contribution >= 4 is 0 Å². The standard InChI is InChI=1S/C17H15FN4O/c18-12-3-1-2-11(6-12)13-4-5-14-20-22(15(23)21(13)14)17-7-16(8-17,9-17)10-19/h1-3,6,13H,4-5,7-9H2/t13-,16?,17?/m0/s1. The van der Waals surface area contributed by atoms with Crippen LogP contribution in [0.25, 0.3) is 0 Å². The molecule has 3 saturated carbocycles. The zero-order valence-corrected chi connectivity index (χ0v) is 12.5. The van der Waals surface area contributed by atoms with E-state index in [4.69, 9.17) is 5.26 Å². The van der Waals surface area contributed by atoms with E-state index in [1.165, 1.54) is 12.1 Å².